The van der Waals surface area contributed by atoms with Crippen molar-refractivity contribution in [2.24, 2.45) is 11.3 Å². The Labute approximate surface area is 207 Å². The van der Waals surface area contributed by atoms with Crippen molar-refractivity contribution in [1.29, 1.82) is 0 Å². The lowest BCUT2D eigenvalue weighted by molar-refractivity contribution is -0.383. The normalized spacial score (nSPS) is 21.9. The molecule has 1 amide bonds. The van der Waals surface area contributed by atoms with Crippen molar-refractivity contribution in [3.05, 3.63) is 0 Å². The first kappa shape index (κ1) is 28.6. The van der Waals surface area contributed by atoms with Gasteiger partial charge >= 0.3 is 12.1 Å². The van der Waals surface area contributed by atoms with Crippen LogP contribution in [0.2, 0.25) is 0 Å². The van der Waals surface area contributed by atoms with Crippen molar-refractivity contribution in [1.82, 2.24) is 5.32 Å². The van der Waals surface area contributed by atoms with Crippen molar-refractivity contribution < 1.29 is 28.5 Å². The molecular formula is C24H43NO6S2. The highest BCUT2D eigenvalue weighted by Gasteiger charge is 2.39. The highest BCUT2D eigenvalue weighted by Crippen LogP contribution is 2.42. The quantitative estimate of drug-likeness (QED) is 0.157. The maximum Gasteiger partial charge on any atom is 0.407 e. The van der Waals surface area contributed by atoms with E-state index in [1.54, 1.807) is 21.6 Å². The first-order valence-corrected chi connectivity index (χ1v) is 15.1. The molecule has 2 rings (SSSR count). The summed E-state index contributed by atoms with van der Waals surface area (Å²) in [5, 5.41) is 2.97. The maximum absolute atomic E-state index is 12.2. The average molecular weight is 506 g/mol. The molecule has 1 N–H and O–H groups in total. The minimum atomic E-state index is -0.360. The van der Waals surface area contributed by atoms with Gasteiger partial charge in [0.25, 0.3) is 0 Å². The first-order valence-electron chi connectivity index (χ1n) is 12.6. The number of carbonyl (C=O) groups is 2. The second kappa shape index (κ2) is 16.1. The molecule has 1 aliphatic carbocycles. The van der Waals surface area contributed by atoms with Crippen LogP contribution >= 0.6 is 21.6 Å². The number of rotatable bonds is 16. The Morgan fingerprint density at radius 3 is 2.18 bits per heavy atom. The number of esters is 1. The molecule has 1 saturated heterocycles. The minimum absolute atomic E-state index is 0.0367. The molecule has 0 unspecified atom stereocenters. The van der Waals surface area contributed by atoms with Crippen LogP contribution in [0.4, 0.5) is 4.79 Å². The van der Waals surface area contributed by atoms with Gasteiger partial charge in [-0.15, -0.1) is 0 Å². The molecular weight excluding hydrogens is 462 g/mol. The van der Waals surface area contributed by atoms with Crippen LogP contribution in [0.5, 0.6) is 0 Å². The molecule has 2 aliphatic rings. The van der Waals surface area contributed by atoms with E-state index in [0.29, 0.717) is 25.5 Å². The van der Waals surface area contributed by atoms with Gasteiger partial charge in [-0.05, 0) is 38.0 Å². The molecule has 33 heavy (non-hydrogen) atoms. The van der Waals surface area contributed by atoms with E-state index in [1.165, 1.54) is 19.3 Å². The predicted octanol–water partition coefficient (Wildman–Crippen LogP) is 5.91. The molecule has 1 aliphatic heterocycles. The number of alkyl carbamates (subject to hydrolysis) is 1. The van der Waals surface area contributed by atoms with Crippen molar-refractivity contribution >= 4 is 33.7 Å². The molecule has 7 nitrogen and oxygen atoms in total. The van der Waals surface area contributed by atoms with Crippen molar-refractivity contribution in [2.45, 2.75) is 97.6 Å². The SMILES string of the molecule is CCCC(CCC)C(=O)OCCSSCCOC(=O)NCC1(CC2OC(C)O2)CCCCC1. The Balaban J connectivity index is 1.51. The van der Waals surface area contributed by atoms with Crippen LogP contribution in [-0.4, -0.2) is 55.9 Å². The smallest absolute Gasteiger partial charge is 0.407 e. The van der Waals surface area contributed by atoms with Crippen LogP contribution in [-0.2, 0) is 23.7 Å². The summed E-state index contributed by atoms with van der Waals surface area (Å²) < 4.78 is 22.0. The van der Waals surface area contributed by atoms with E-state index >= 15 is 0 Å². The third-order valence-corrected chi connectivity index (χ3v) is 8.64. The van der Waals surface area contributed by atoms with Crippen molar-refractivity contribution in [3.8, 4) is 0 Å². The van der Waals surface area contributed by atoms with Gasteiger partial charge in [0.2, 0.25) is 0 Å². The van der Waals surface area contributed by atoms with E-state index in [-0.39, 0.29) is 36.0 Å². The molecule has 0 radical (unpaired) electrons. The second-order valence-corrected chi connectivity index (χ2v) is 11.8. The molecule has 0 aromatic heterocycles. The van der Waals surface area contributed by atoms with Crippen molar-refractivity contribution in [2.75, 3.05) is 31.3 Å². The van der Waals surface area contributed by atoms with E-state index in [0.717, 1.165) is 50.7 Å². The lowest BCUT2D eigenvalue weighted by atomic mass is 9.71. The van der Waals surface area contributed by atoms with Gasteiger partial charge in [0.05, 0.1) is 5.92 Å². The third kappa shape index (κ3) is 11.1. The zero-order chi connectivity index (χ0) is 23.9. The van der Waals surface area contributed by atoms with E-state index in [1.807, 2.05) is 6.92 Å². The Kier molecular flexibility index (Phi) is 14.0. The summed E-state index contributed by atoms with van der Waals surface area (Å²) in [6, 6.07) is 0. The van der Waals surface area contributed by atoms with Crippen LogP contribution in [0.25, 0.3) is 0 Å². The largest absolute Gasteiger partial charge is 0.465 e. The van der Waals surface area contributed by atoms with Gasteiger partial charge in [-0.1, -0.05) is 67.5 Å². The molecule has 0 aromatic carbocycles. The zero-order valence-corrected chi connectivity index (χ0v) is 22.2. The summed E-state index contributed by atoms with van der Waals surface area (Å²) in [5.74, 6) is 1.41. The summed E-state index contributed by atoms with van der Waals surface area (Å²) in [6.45, 7) is 7.48. The van der Waals surface area contributed by atoms with Gasteiger partial charge in [-0.2, -0.15) is 0 Å². The van der Waals surface area contributed by atoms with Gasteiger partial charge in [0.15, 0.2) is 12.6 Å². The molecule has 0 atom stereocenters. The molecule has 0 spiro atoms. The molecule has 192 valence electrons. The molecule has 2 fully saturated rings. The summed E-state index contributed by atoms with van der Waals surface area (Å²) in [6.07, 6.45) is 9.78. The molecule has 1 heterocycles. The summed E-state index contributed by atoms with van der Waals surface area (Å²) in [7, 11) is 3.26. The van der Waals surface area contributed by atoms with E-state index in [4.69, 9.17) is 18.9 Å². The fourth-order valence-electron chi connectivity index (χ4n) is 4.61. The fourth-order valence-corrected chi connectivity index (χ4v) is 6.26. The van der Waals surface area contributed by atoms with E-state index in [9.17, 15) is 9.59 Å². The molecule has 9 heteroatoms. The Bertz CT molecular complexity index is 561. The maximum atomic E-state index is 12.2. The molecule has 0 aromatic rings. The lowest BCUT2D eigenvalue weighted by Gasteiger charge is -2.43. The topological polar surface area (TPSA) is 83.1 Å². The Hall–Kier alpha value is -0.640. The summed E-state index contributed by atoms with van der Waals surface area (Å²) >= 11 is 0. The standard InChI is InChI=1S/C24H43NO6S2/c1-4-9-20(10-5-2)22(26)28-13-15-32-33-16-14-29-23(27)25-18-24(11-7-6-8-12-24)17-21-30-19(3)31-21/h19-21H,4-18H2,1-3H3,(H,25,27). The predicted molar refractivity (Wildman–Crippen MR) is 134 cm³/mol. The number of hydrogen-bond acceptors (Lipinski definition) is 8. The lowest BCUT2D eigenvalue weighted by Crippen LogP contribution is -2.47. The van der Waals surface area contributed by atoms with Gasteiger partial charge in [0, 0.05) is 24.5 Å². The highest BCUT2D eigenvalue weighted by atomic mass is 33.1. The number of carbonyl (C=O) groups excluding carboxylic acids is 2. The first-order chi connectivity index (χ1) is 16.0. The van der Waals surface area contributed by atoms with Crippen molar-refractivity contribution in [3.63, 3.8) is 0 Å². The van der Waals surface area contributed by atoms with E-state index in [2.05, 4.69) is 19.2 Å². The minimum Gasteiger partial charge on any atom is -0.465 e. The zero-order valence-electron chi connectivity index (χ0n) is 20.6. The number of hydrogen-bond donors (Lipinski definition) is 1. The van der Waals surface area contributed by atoms with Crippen LogP contribution in [0.15, 0.2) is 0 Å². The van der Waals surface area contributed by atoms with Gasteiger partial charge < -0.3 is 24.3 Å². The second-order valence-electron chi connectivity index (χ2n) is 9.11. The average Bonchev–Trinajstić information content (AvgIpc) is 2.79. The number of ether oxygens (including phenoxy) is 4. The summed E-state index contributed by atoms with van der Waals surface area (Å²) in [5.41, 5.74) is 0.0391. The van der Waals surface area contributed by atoms with Gasteiger partial charge in [-0.25, -0.2) is 4.79 Å². The molecule has 1 saturated carbocycles. The fraction of sp³-hybridized carbons (Fsp3) is 0.917. The number of nitrogens with one attached hydrogen (secondary N) is 1. The van der Waals surface area contributed by atoms with Gasteiger partial charge in [0.1, 0.15) is 13.2 Å². The van der Waals surface area contributed by atoms with Crippen LogP contribution in [0.1, 0.15) is 85.0 Å². The third-order valence-electron chi connectivity index (χ3n) is 6.31. The van der Waals surface area contributed by atoms with E-state index < -0.39 is 0 Å². The van der Waals surface area contributed by atoms with Crippen LogP contribution < -0.4 is 5.32 Å². The van der Waals surface area contributed by atoms with Crippen LogP contribution in [0.3, 0.4) is 0 Å². The summed E-state index contributed by atoms with van der Waals surface area (Å²) in [4.78, 5) is 24.3. The monoisotopic (exact) mass is 505 g/mol. The van der Waals surface area contributed by atoms with Gasteiger partial charge in [-0.3, -0.25) is 4.79 Å². The van der Waals surface area contributed by atoms with Crippen LogP contribution in [0, 0.1) is 11.3 Å². The highest BCUT2D eigenvalue weighted by molar-refractivity contribution is 8.76. The Morgan fingerprint density at radius 1 is 1.00 bits per heavy atom. The number of amides is 1. The Morgan fingerprint density at radius 2 is 1.61 bits per heavy atom. The molecule has 0 bridgehead atoms.